The Bertz CT molecular complexity index is 1420. The molecule has 0 bridgehead atoms. The highest BCUT2D eigenvalue weighted by Crippen LogP contribution is 2.35. The third-order valence-electron chi connectivity index (χ3n) is 6.56. The number of ether oxygens (including phenoxy) is 3. The van der Waals surface area contributed by atoms with Crippen LogP contribution in [0.2, 0.25) is 0 Å². The number of fused-ring (bicyclic) bond motifs is 3. The Morgan fingerprint density at radius 2 is 1.80 bits per heavy atom. The number of H-pyrrole nitrogens is 1. The second-order valence-corrected chi connectivity index (χ2v) is 10.1. The van der Waals surface area contributed by atoms with Crippen LogP contribution in [0.3, 0.4) is 0 Å². The zero-order chi connectivity index (χ0) is 24.4. The van der Waals surface area contributed by atoms with Gasteiger partial charge in [0.15, 0.2) is 11.5 Å². The predicted octanol–water partition coefficient (Wildman–Crippen LogP) is 6.00. The fraction of sp³-hybridized carbons (Fsp3) is 0.357. The highest BCUT2D eigenvalue weighted by Gasteiger charge is 2.20. The van der Waals surface area contributed by atoms with Crippen molar-refractivity contribution < 1.29 is 14.2 Å². The lowest BCUT2D eigenvalue weighted by Gasteiger charge is -2.13. The second kappa shape index (κ2) is 10.1. The maximum Gasteiger partial charge on any atom is 0.260 e. The topological polar surface area (TPSA) is 73.4 Å². The lowest BCUT2D eigenvalue weighted by molar-refractivity contribution is 0.240. The molecule has 0 aliphatic heterocycles. The molecule has 5 rings (SSSR count). The smallest absolute Gasteiger partial charge is 0.260 e. The van der Waals surface area contributed by atoms with Gasteiger partial charge in [0.05, 0.1) is 25.7 Å². The molecule has 4 aromatic rings. The van der Waals surface area contributed by atoms with E-state index in [2.05, 4.69) is 31.0 Å². The lowest BCUT2D eigenvalue weighted by atomic mass is 9.97. The fourth-order valence-corrected chi connectivity index (χ4v) is 5.73. The number of nitrogens with one attached hydrogen (secondary N) is 1. The summed E-state index contributed by atoms with van der Waals surface area (Å²) in [5.41, 5.74) is 4.40. The maximum atomic E-state index is 12.9. The Morgan fingerprint density at radius 3 is 2.63 bits per heavy atom. The Labute approximate surface area is 208 Å². The first-order valence-electron chi connectivity index (χ1n) is 12.1. The van der Waals surface area contributed by atoms with Crippen LogP contribution in [0.25, 0.3) is 21.6 Å². The van der Waals surface area contributed by atoms with Crippen LogP contribution < -0.4 is 19.8 Å². The average Bonchev–Trinajstić information content (AvgIpc) is 3.25. The van der Waals surface area contributed by atoms with Crippen LogP contribution in [0.15, 0.2) is 41.2 Å². The molecule has 0 spiro atoms. The number of aromatic amines is 1. The van der Waals surface area contributed by atoms with E-state index in [0.717, 1.165) is 47.2 Å². The van der Waals surface area contributed by atoms with Gasteiger partial charge in [0.1, 0.15) is 16.4 Å². The van der Waals surface area contributed by atoms with Crippen molar-refractivity contribution in [2.45, 2.75) is 46.0 Å². The highest BCUT2D eigenvalue weighted by atomic mass is 32.1. The van der Waals surface area contributed by atoms with Crippen molar-refractivity contribution >= 4 is 21.6 Å². The number of methoxy groups -OCH3 is 1. The molecule has 0 saturated carbocycles. The van der Waals surface area contributed by atoms with E-state index < -0.39 is 0 Å². The van der Waals surface area contributed by atoms with Crippen LogP contribution in [-0.2, 0) is 12.8 Å². The van der Waals surface area contributed by atoms with Crippen LogP contribution in [0, 0.1) is 13.8 Å². The van der Waals surface area contributed by atoms with E-state index in [4.69, 9.17) is 19.2 Å². The third-order valence-corrected chi connectivity index (χ3v) is 7.74. The number of benzene rings is 2. The molecule has 1 aliphatic rings. The summed E-state index contributed by atoms with van der Waals surface area (Å²) >= 11 is 1.65. The minimum Gasteiger partial charge on any atom is -0.493 e. The van der Waals surface area contributed by atoms with Crippen molar-refractivity contribution in [3.8, 4) is 28.6 Å². The minimum atomic E-state index is -0.0625. The van der Waals surface area contributed by atoms with Gasteiger partial charge in [0, 0.05) is 16.9 Å². The summed E-state index contributed by atoms with van der Waals surface area (Å²) in [5.74, 6) is 2.68. The molecule has 0 radical (unpaired) electrons. The maximum absolute atomic E-state index is 12.9. The molecule has 0 saturated heterocycles. The van der Waals surface area contributed by atoms with E-state index in [-0.39, 0.29) is 5.56 Å². The van der Waals surface area contributed by atoms with Gasteiger partial charge in [-0.05, 0) is 86.6 Å². The zero-order valence-electron chi connectivity index (χ0n) is 20.4. The molecule has 2 aromatic heterocycles. The van der Waals surface area contributed by atoms with Crippen LogP contribution >= 0.6 is 11.3 Å². The van der Waals surface area contributed by atoms with Gasteiger partial charge < -0.3 is 19.2 Å². The van der Waals surface area contributed by atoms with E-state index >= 15 is 0 Å². The van der Waals surface area contributed by atoms with Crippen LogP contribution in [0.4, 0.5) is 0 Å². The first-order valence-corrected chi connectivity index (χ1v) is 12.9. The van der Waals surface area contributed by atoms with Crippen molar-refractivity contribution in [3.05, 3.63) is 68.3 Å². The molecule has 6 nitrogen and oxygen atoms in total. The number of nitrogens with zero attached hydrogens (tertiary/aromatic N) is 1. The Hall–Kier alpha value is -3.32. The van der Waals surface area contributed by atoms with Gasteiger partial charge in [-0.25, -0.2) is 4.98 Å². The molecule has 0 unspecified atom stereocenters. The lowest BCUT2D eigenvalue weighted by Crippen LogP contribution is -2.11. The van der Waals surface area contributed by atoms with Crippen molar-refractivity contribution in [3.63, 3.8) is 0 Å². The zero-order valence-corrected chi connectivity index (χ0v) is 21.2. The van der Waals surface area contributed by atoms with E-state index in [0.29, 0.717) is 30.5 Å². The fourth-order valence-electron chi connectivity index (χ4n) is 4.47. The number of hydrogen-bond donors (Lipinski definition) is 1. The normalized spacial score (nSPS) is 13.0. The third kappa shape index (κ3) is 4.91. The summed E-state index contributed by atoms with van der Waals surface area (Å²) in [7, 11) is 1.61. The standard InChI is InChI=1S/C28H30N2O4S/c1-17-9-11-20(15-18(17)2)33-13-6-14-34-22-12-10-19(16-23(22)32-3)26-29-27(31)25-21-7-4-5-8-24(21)35-28(25)30-26/h9-12,15-16H,4-8,13-14H2,1-3H3,(H,29,30,31). The molecular formula is C28H30N2O4S. The molecule has 35 heavy (non-hydrogen) atoms. The highest BCUT2D eigenvalue weighted by molar-refractivity contribution is 7.18. The molecule has 1 aliphatic carbocycles. The van der Waals surface area contributed by atoms with Gasteiger partial charge >= 0.3 is 0 Å². The van der Waals surface area contributed by atoms with Crippen LogP contribution in [-0.4, -0.2) is 30.3 Å². The van der Waals surface area contributed by atoms with Crippen molar-refractivity contribution in [2.75, 3.05) is 20.3 Å². The SMILES string of the molecule is COc1cc(-c2nc3sc4c(c3c(=O)[nH]2)CCCC4)ccc1OCCCOc1ccc(C)c(C)c1. The Morgan fingerprint density at radius 1 is 0.971 bits per heavy atom. The molecule has 182 valence electrons. The van der Waals surface area contributed by atoms with Crippen LogP contribution in [0.5, 0.6) is 17.2 Å². The van der Waals surface area contributed by atoms with Gasteiger partial charge in [0.2, 0.25) is 0 Å². The number of rotatable bonds is 8. The van der Waals surface area contributed by atoms with Crippen molar-refractivity contribution in [1.29, 1.82) is 0 Å². The summed E-state index contributed by atoms with van der Waals surface area (Å²) in [5, 5.41) is 0.767. The van der Waals surface area contributed by atoms with Gasteiger partial charge in [-0.1, -0.05) is 6.07 Å². The number of hydrogen-bond acceptors (Lipinski definition) is 6. The molecule has 1 N–H and O–H groups in total. The average molecular weight is 491 g/mol. The van der Waals surface area contributed by atoms with Gasteiger partial charge in [0.25, 0.3) is 5.56 Å². The summed E-state index contributed by atoms with van der Waals surface area (Å²) < 4.78 is 17.4. The second-order valence-electron chi connectivity index (χ2n) is 8.97. The molecule has 0 amide bonds. The first-order chi connectivity index (χ1) is 17.0. The molecule has 0 atom stereocenters. The first kappa shape index (κ1) is 23.4. The summed E-state index contributed by atoms with van der Waals surface area (Å²) in [6.45, 7) is 5.24. The van der Waals surface area contributed by atoms with E-state index in [1.165, 1.54) is 28.0 Å². The van der Waals surface area contributed by atoms with E-state index in [1.807, 2.05) is 24.3 Å². The van der Waals surface area contributed by atoms with Gasteiger partial charge in [-0.3, -0.25) is 4.79 Å². The predicted molar refractivity (Wildman–Crippen MR) is 140 cm³/mol. The summed E-state index contributed by atoms with van der Waals surface area (Å²) in [6, 6.07) is 11.7. The van der Waals surface area contributed by atoms with Gasteiger partial charge in [-0.2, -0.15) is 0 Å². The monoisotopic (exact) mass is 490 g/mol. The number of thiophene rings is 1. The molecular weight excluding hydrogens is 460 g/mol. The largest absolute Gasteiger partial charge is 0.493 e. The van der Waals surface area contributed by atoms with Crippen molar-refractivity contribution in [2.24, 2.45) is 0 Å². The van der Waals surface area contributed by atoms with E-state index in [1.54, 1.807) is 18.4 Å². The summed E-state index contributed by atoms with van der Waals surface area (Å²) in [6.07, 6.45) is 5.07. The quantitative estimate of drug-likeness (QED) is 0.307. The minimum absolute atomic E-state index is 0.0625. The van der Waals surface area contributed by atoms with Crippen LogP contribution in [0.1, 0.15) is 40.8 Å². The molecule has 2 heterocycles. The molecule has 7 heteroatoms. The number of aryl methyl sites for hydroxylation is 4. The molecule has 0 fully saturated rings. The Kier molecular flexibility index (Phi) is 6.77. The molecule has 2 aromatic carbocycles. The van der Waals surface area contributed by atoms with E-state index in [9.17, 15) is 4.79 Å². The van der Waals surface area contributed by atoms with Crippen molar-refractivity contribution in [1.82, 2.24) is 9.97 Å². The number of aromatic nitrogens is 2. The van der Waals surface area contributed by atoms with Gasteiger partial charge in [-0.15, -0.1) is 11.3 Å². The Balaban J connectivity index is 1.26. The summed E-state index contributed by atoms with van der Waals surface area (Å²) in [4.78, 5) is 22.8.